The Kier molecular flexibility index (Phi) is 6.12. The maximum absolute atomic E-state index is 12.7. The first-order valence-electron chi connectivity index (χ1n) is 9.53. The lowest BCUT2D eigenvalue weighted by Crippen LogP contribution is -2.33. The number of benzene rings is 2. The molecule has 2 atom stereocenters. The second-order valence-electron chi connectivity index (χ2n) is 7.28. The minimum atomic E-state index is -0.834. The standard InChI is InChI=1S/C23H24N2O4/c1-15(23(28)29)13-17-7-9-19(10-8-17)24-22(27)14-21-20-6-4-3-5-18(20)11-12-25(21)16(2)26/h3-12,15,21H,13-14H2,1-2H3,(H,24,27)(H,28,29). The Morgan fingerprint density at radius 3 is 2.45 bits per heavy atom. The lowest BCUT2D eigenvalue weighted by Gasteiger charge is -2.32. The fraction of sp³-hybridized carbons (Fsp3) is 0.261. The largest absolute Gasteiger partial charge is 0.481 e. The monoisotopic (exact) mass is 392 g/mol. The number of nitrogens with zero attached hydrogens (tertiary/aromatic N) is 1. The second kappa shape index (κ2) is 8.73. The van der Waals surface area contributed by atoms with Crippen LogP contribution in [0.2, 0.25) is 0 Å². The Balaban J connectivity index is 1.68. The molecule has 2 aromatic rings. The van der Waals surface area contributed by atoms with Crippen LogP contribution in [0.3, 0.4) is 0 Å². The summed E-state index contributed by atoms with van der Waals surface area (Å²) in [6, 6.07) is 14.5. The highest BCUT2D eigenvalue weighted by Crippen LogP contribution is 2.33. The molecule has 0 saturated heterocycles. The molecule has 0 fully saturated rings. The number of hydrogen-bond donors (Lipinski definition) is 2. The Hall–Kier alpha value is -3.41. The number of hydrogen-bond acceptors (Lipinski definition) is 3. The van der Waals surface area contributed by atoms with Crippen LogP contribution in [0.5, 0.6) is 0 Å². The van der Waals surface area contributed by atoms with Crippen molar-refractivity contribution in [3.63, 3.8) is 0 Å². The maximum Gasteiger partial charge on any atom is 0.306 e. The second-order valence-corrected chi connectivity index (χ2v) is 7.28. The van der Waals surface area contributed by atoms with Gasteiger partial charge in [-0.25, -0.2) is 0 Å². The summed E-state index contributed by atoms with van der Waals surface area (Å²) in [5.41, 5.74) is 3.47. The summed E-state index contributed by atoms with van der Waals surface area (Å²) in [6.07, 6.45) is 4.17. The molecule has 2 amide bonds. The molecule has 2 aromatic carbocycles. The van der Waals surface area contributed by atoms with E-state index in [0.717, 1.165) is 16.7 Å². The summed E-state index contributed by atoms with van der Waals surface area (Å²) >= 11 is 0. The highest BCUT2D eigenvalue weighted by Gasteiger charge is 2.28. The zero-order chi connectivity index (χ0) is 21.0. The predicted octanol–water partition coefficient (Wildman–Crippen LogP) is 3.85. The Morgan fingerprint density at radius 2 is 1.79 bits per heavy atom. The molecule has 150 valence electrons. The quantitative estimate of drug-likeness (QED) is 0.782. The van der Waals surface area contributed by atoms with Gasteiger partial charge in [0.2, 0.25) is 11.8 Å². The lowest BCUT2D eigenvalue weighted by molar-refractivity contribution is -0.141. The van der Waals surface area contributed by atoms with E-state index in [1.165, 1.54) is 6.92 Å². The van der Waals surface area contributed by atoms with Crippen LogP contribution >= 0.6 is 0 Å². The molecule has 1 heterocycles. The molecular weight excluding hydrogens is 368 g/mol. The fourth-order valence-electron chi connectivity index (χ4n) is 3.47. The van der Waals surface area contributed by atoms with E-state index in [4.69, 9.17) is 5.11 Å². The van der Waals surface area contributed by atoms with Gasteiger partial charge < -0.3 is 15.3 Å². The summed E-state index contributed by atoms with van der Waals surface area (Å²) in [4.78, 5) is 37.3. The van der Waals surface area contributed by atoms with E-state index in [-0.39, 0.29) is 24.3 Å². The Labute approximate surface area is 169 Å². The Bertz CT molecular complexity index is 950. The van der Waals surface area contributed by atoms with Gasteiger partial charge in [0.25, 0.3) is 0 Å². The average Bonchev–Trinajstić information content (AvgIpc) is 2.69. The van der Waals surface area contributed by atoms with Crippen molar-refractivity contribution in [2.75, 3.05) is 5.32 Å². The third-order valence-electron chi connectivity index (χ3n) is 5.05. The zero-order valence-electron chi connectivity index (χ0n) is 16.5. The molecule has 3 rings (SSSR count). The molecule has 6 heteroatoms. The van der Waals surface area contributed by atoms with Crippen molar-refractivity contribution in [3.05, 3.63) is 71.4 Å². The number of carboxylic acid groups (broad SMARTS) is 1. The Morgan fingerprint density at radius 1 is 1.10 bits per heavy atom. The van der Waals surface area contributed by atoms with Gasteiger partial charge in [0, 0.05) is 18.8 Å². The van der Waals surface area contributed by atoms with Gasteiger partial charge >= 0.3 is 5.97 Å². The van der Waals surface area contributed by atoms with Crippen LogP contribution in [-0.2, 0) is 20.8 Å². The number of fused-ring (bicyclic) bond motifs is 1. The van der Waals surface area contributed by atoms with Crippen LogP contribution in [0.25, 0.3) is 6.08 Å². The van der Waals surface area contributed by atoms with E-state index in [1.54, 1.807) is 30.2 Å². The van der Waals surface area contributed by atoms with Crippen molar-refractivity contribution in [2.24, 2.45) is 5.92 Å². The SMILES string of the molecule is CC(=O)N1C=Cc2ccccc2C1CC(=O)Nc1ccc(CC(C)C(=O)O)cc1. The molecule has 1 aliphatic heterocycles. The molecule has 1 aliphatic rings. The van der Waals surface area contributed by atoms with E-state index < -0.39 is 11.9 Å². The summed E-state index contributed by atoms with van der Waals surface area (Å²) in [5, 5.41) is 11.9. The minimum absolute atomic E-state index is 0.120. The summed E-state index contributed by atoms with van der Waals surface area (Å²) in [7, 11) is 0. The van der Waals surface area contributed by atoms with E-state index in [1.807, 2.05) is 42.5 Å². The van der Waals surface area contributed by atoms with E-state index >= 15 is 0 Å². The highest BCUT2D eigenvalue weighted by molar-refractivity contribution is 5.92. The minimum Gasteiger partial charge on any atom is -0.481 e. The van der Waals surface area contributed by atoms with Crippen molar-refractivity contribution in [3.8, 4) is 0 Å². The van der Waals surface area contributed by atoms with Gasteiger partial charge in [-0.05, 0) is 41.3 Å². The first-order chi connectivity index (χ1) is 13.8. The van der Waals surface area contributed by atoms with Gasteiger partial charge in [-0.1, -0.05) is 43.3 Å². The predicted molar refractivity (Wildman–Crippen MR) is 111 cm³/mol. The number of carbonyl (C=O) groups excluding carboxylic acids is 2. The molecule has 29 heavy (non-hydrogen) atoms. The maximum atomic E-state index is 12.7. The smallest absolute Gasteiger partial charge is 0.306 e. The van der Waals surface area contributed by atoms with Gasteiger partial charge in [0.1, 0.15) is 0 Å². The summed E-state index contributed by atoms with van der Waals surface area (Å²) < 4.78 is 0. The molecule has 6 nitrogen and oxygen atoms in total. The van der Waals surface area contributed by atoms with Crippen LogP contribution in [0, 0.1) is 5.92 Å². The molecular formula is C23H24N2O4. The molecule has 0 bridgehead atoms. The number of rotatable bonds is 6. The van der Waals surface area contributed by atoms with Crippen LogP contribution in [-0.4, -0.2) is 27.8 Å². The van der Waals surface area contributed by atoms with Gasteiger partial charge in [0.05, 0.1) is 18.4 Å². The third kappa shape index (κ3) is 4.90. The van der Waals surface area contributed by atoms with Gasteiger partial charge in [-0.15, -0.1) is 0 Å². The molecule has 0 saturated carbocycles. The third-order valence-corrected chi connectivity index (χ3v) is 5.05. The van der Waals surface area contributed by atoms with Gasteiger partial charge in [-0.3, -0.25) is 14.4 Å². The van der Waals surface area contributed by atoms with Crippen LogP contribution in [0.1, 0.15) is 43.0 Å². The number of anilines is 1. The van der Waals surface area contributed by atoms with Crippen molar-refractivity contribution < 1.29 is 19.5 Å². The van der Waals surface area contributed by atoms with Crippen molar-refractivity contribution in [2.45, 2.75) is 32.7 Å². The van der Waals surface area contributed by atoms with Gasteiger partial charge in [-0.2, -0.15) is 0 Å². The molecule has 2 N–H and O–H groups in total. The van der Waals surface area contributed by atoms with Gasteiger partial charge in [0.15, 0.2) is 0 Å². The van der Waals surface area contributed by atoms with Crippen LogP contribution < -0.4 is 5.32 Å². The molecule has 0 aliphatic carbocycles. The van der Waals surface area contributed by atoms with Crippen molar-refractivity contribution >= 4 is 29.5 Å². The topological polar surface area (TPSA) is 86.7 Å². The molecule has 0 radical (unpaired) electrons. The van der Waals surface area contributed by atoms with Crippen molar-refractivity contribution in [1.29, 1.82) is 0 Å². The summed E-state index contributed by atoms with van der Waals surface area (Å²) in [5.74, 6) is -1.62. The fourth-order valence-corrected chi connectivity index (χ4v) is 3.47. The van der Waals surface area contributed by atoms with Crippen LogP contribution in [0.4, 0.5) is 5.69 Å². The van der Waals surface area contributed by atoms with Crippen molar-refractivity contribution in [1.82, 2.24) is 4.90 Å². The first-order valence-corrected chi connectivity index (χ1v) is 9.53. The zero-order valence-corrected chi connectivity index (χ0v) is 16.5. The first kappa shape index (κ1) is 20.3. The number of nitrogens with one attached hydrogen (secondary N) is 1. The van der Waals surface area contributed by atoms with E-state index in [0.29, 0.717) is 12.1 Å². The normalized spacial score (nSPS) is 16.1. The number of amides is 2. The number of carbonyl (C=O) groups is 3. The molecule has 0 spiro atoms. The number of aliphatic carboxylic acids is 1. The average molecular weight is 392 g/mol. The molecule has 2 unspecified atom stereocenters. The van der Waals surface area contributed by atoms with Crippen LogP contribution in [0.15, 0.2) is 54.7 Å². The highest BCUT2D eigenvalue weighted by atomic mass is 16.4. The lowest BCUT2D eigenvalue weighted by atomic mass is 9.93. The molecule has 0 aromatic heterocycles. The number of carboxylic acids is 1. The van der Waals surface area contributed by atoms with E-state index in [2.05, 4.69) is 5.32 Å². The van der Waals surface area contributed by atoms with E-state index in [9.17, 15) is 14.4 Å². The summed E-state index contributed by atoms with van der Waals surface area (Å²) in [6.45, 7) is 3.15.